The van der Waals surface area contributed by atoms with Gasteiger partial charge in [-0.25, -0.2) is 0 Å². The van der Waals surface area contributed by atoms with E-state index in [4.69, 9.17) is 0 Å². The number of Topliss-reactive ketones (excluding diaryl/α,β-unsaturated/α-hetero) is 1. The first-order valence-corrected chi connectivity index (χ1v) is 7.38. The summed E-state index contributed by atoms with van der Waals surface area (Å²) in [6, 6.07) is 16.6. The molecule has 0 fully saturated rings. The molecule has 1 atom stereocenters. The Bertz CT molecular complexity index is 604. The summed E-state index contributed by atoms with van der Waals surface area (Å²) in [5.41, 5.74) is 3.76. The van der Waals surface area contributed by atoms with E-state index in [2.05, 4.69) is 46.3 Å². The van der Waals surface area contributed by atoms with Crippen LogP contribution < -0.4 is 0 Å². The molecule has 0 aromatic heterocycles. The van der Waals surface area contributed by atoms with Crippen molar-refractivity contribution in [2.75, 3.05) is 0 Å². The summed E-state index contributed by atoms with van der Waals surface area (Å²) in [6.07, 6.45) is 2.36. The third-order valence-corrected chi connectivity index (χ3v) is 4.29. The predicted octanol–water partition coefficient (Wildman–Crippen LogP) is 4.29. The number of fused-ring (bicyclic) bond motifs is 1. The topological polar surface area (TPSA) is 17.1 Å². The van der Waals surface area contributed by atoms with Crippen LogP contribution >= 0.6 is 15.9 Å². The van der Waals surface area contributed by atoms with Crippen LogP contribution in [0.3, 0.4) is 0 Å². The molecule has 1 aliphatic carbocycles. The van der Waals surface area contributed by atoms with Crippen molar-refractivity contribution in [3.05, 3.63) is 69.7 Å². The molecule has 0 N–H and O–H groups in total. The van der Waals surface area contributed by atoms with Crippen molar-refractivity contribution < 1.29 is 4.79 Å². The molecule has 0 spiro atoms. The molecular weight excluding hydrogens is 300 g/mol. The number of carbonyl (C=O) groups is 1. The first-order chi connectivity index (χ1) is 9.24. The number of carbonyl (C=O) groups excluding carboxylic acids is 1. The fourth-order valence-electron chi connectivity index (χ4n) is 2.80. The Kier molecular flexibility index (Phi) is 3.52. The van der Waals surface area contributed by atoms with E-state index in [1.165, 1.54) is 16.7 Å². The van der Waals surface area contributed by atoms with Gasteiger partial charge in [0, 0.05) is 16.8 Å². The molecule has 0 radical (unpaired) electrons. The highest BCUT2D eigenvalue weighted by Gasteiger charge is 2.27. The minimum atomic E-state index is 0.0173. The maximum absolute atomic E-state index is 12.3. The molecule has 2 aromatic rings. The number of rotatable bonds is 2. The number of benzene rings is 2. The van der Waals surface area contributed by atoms with E-state index in [0.717, 1.165) is 17.3 Å². The molecule has 1 nitrogen and oxygen atoms in total. The van der Waals surface area contributed by atoms with E-state index in [1.54, 1.807) is 0 Å². The summed E-state index contributed by atoms with van der Waals surface area (Å²) in [4.78, 5) is 12.3. The zero-order chi connectivity index (χ0) is 13.2. The summed E-state index contributed by atoms with van der Waals surface area (Å²) in [5.74, 6) is 0.387. The lowest BCUT2D eigenvalue weighted by atomic mass is 9.79. The molecule has 96 valence electrons. The second-order valence-electron chi connectivity index (χ2n) is 5.05. The van der Waals surface area contributed by atoms with Gasteiger partial charge < -0.3 is 0 Å². The largest absolute Gasteiger partial charge is 0.299 e. The first-order valence-electron chi connectivity index (χ1n) is 6.59. The van der Waals surface area contributed by atoms with Crippen molar-refractivity contribution in [2.45, 2.75) is 25.2 Å². The van der Waals surface area contributed by atoms with E-state index < -0.39 is 0 Å². The van der Waals surface area contributed by atoms with Crippen molar-refractivity contribution in [1.82, 2.24) is 0 Å². The van der Waals surface area contributed by atoms with Gasteiger partial charge in [-0.3, -0.25) is 4.79 Å². The van der Waals surface area contributed by atoms with Gasteiger partial charge >= 0.3 is 0 Å². The number of hydrogen-bond donors (Lipinski definition) is 0. The standard InChI is InChI=1S/C17H15BrO/c18-14-8-6-13-7-9-17(19)16(15(13)11-14)10-12-4-2-1-3-5-12/h1-6,8,11,16H,7,9-10H2/t16-/m0/s1. The number of halogens is 1. The lowest BCUT2D eigenvalue weighted by Gasteiger charge is -2.24. The highest BCUT2D eigenvalue weighted by Crippen LogP contribution is 2.33. The van der Waals surface area contributed by atoms with Gasteiger partial charge in [0.2, 0.25) is 0 Å². The Morgan fingerprint density at radius 1 is 1.05 bits per heavy atom. The Morgan fingerprint density at radius 2 is 1.84 bits per heavy atom. The van der Waals surface area contributed by atoms with Crippen molar-refractivity contribution in [3.8, 4) is 0 Å². The Balaban J connectivity index is 1.97. The molecular formula is C17H15BrO. The fraction of sp³-hybridized carbons (Fsp3) is 0.235. The highest BCUT2D eigenvalue weighted by atomic mass is 79.9. The molecule has 0 unspecified atom stereocenters. The first kappa shape index (κ1) is 12.6. The van der Waals surface area contributed by atoms with Gasteiger partial charge in [-0.1, -0.05) is 52.3 Å². The van der Waals surface area contributed by atoms with E-state index in [0.29, 0.717) is 12.2 Å². The molecule has 0 saturated heterocycles. The number of hydrogen-bond acceptors (Lipinski definition) is 1. The molecule has 3 rings (SSSR count). The van der Waals surface area contributed by atoms with Crippen LogP contribution in [-0.2, 0) is 17.6 Å². The molecule has 0 heterocycles. The minimum absolute atomic E-state index is 0.0173. The number of ketones is 1. The van der Waals surface area contributed by atoms with Crippen molar-refractivity contribution in [2.24, 2.45) is 0 Å². The monoisotopic (exact) mass is 314 g/mol. The lowest BCUT2D eigenvalue weighted by Crippen LogP contribution is -2.22. The van der Waals surface area contributed by atoms with E-state index >= 15 is 0 Å². The Morgan fingerprint density at radius 3 is 2.63 bits per heavy atom. The van der Waals surface area contributed by atoms with Gasteiger partial charge in [0.15, 0.2) is 0 Å². The SMILES string of the molecule is O=C1CCc2ccc(Br)cc2[C@@H]1Cc1ccccc1. The molecule has 0 bridgehead atoms. The van der Waals surface area contributed by atoms with Gasteiger partial charge in [-0.15, -0.1) is 0 Å². The van der Waals surface area contributed by atoms with E-state index in [-0.39, 0.29) is 5.92 Å². The maximum Gasteiger partial charge on any atom is 0.141 e. The summed E-state index contributed by atoms with van der Waals surface area (Å²) in [5, 5.41) is 0. The molecule has 19 heavy (non-hydrogen) atoms. The molecule has 0 amide bonds. The summed E-state index contributed by atoms with van der Waals surface area (Å²) < 4.78 is 1.05. The van der Waals surface area contributed by atoms with E-state index in [1.807, 2.05) is 18.2 Å². The van der Waals surface area contributed by atoms with Gasteiger partial charge in [-0.2, -0.15) is 0 Å². The molecule has 2 heteroatoms. The molecule has 0 aliphatic heterocycles. The Hall–Kier alpha value is -1.41. The fourth-order valence-corrected chi connectivity index (χ4v) is 3.18. The molecule has 0 saturated carbocycles. The quantitative estimate of drug-likeness (QED) is 0.808. The zero-order valence-corrected chi connectivity index (χ0v) is 12.2. The molecule has 1 aliphatic rings. The van der Waals surface area contributed by atoms with Crippen molar-refractivity contribution >= 4 is 21.7 Å². The van der Waals surface area contributed by atoms with Crippen LogP contribution in [0.2, 0.25) is 0 Å². The van der Waals surface area contributed by atoms with Crippen LogP contribution in [-0.4, -0.2) is 5.78 Å². The van der Waals surface area contributed by atoms with Crippen molar-refractivity contribution in [1.29, 1.82) is 0 Å². The van der Waals surface area contributed by atoms with Gasteiger partial charge in [0.25, 0.3) is 0 Å². The average Bonchev–Trinajstić information content (AvgIpc) is 2.43. The van der Waals surface area contributed by atoms with Crippen LogP contribution in [0.15, 0.2) is 53.0 Å². The molecule has 2 aromatic carbocycles. The minimum Gasteiger partial charge on any atom is -0.299 e. The van der Waals surface area contributed by atoms with Gasteiger partial charge in [0.05, 0.1) is 0 Å². The second kappa shape index (κ2) is 5.30. The van der Waals surface area contributed by atoms with Crippen LogP contribution in [0.1, 0.15) is 29.0 Å². The average molecular weight is 315 g/mol. The maximum atomic E-state index is 12.3. The van der Waals surface area contributed by atoms with Crippen LogP contribution in [0.4, 0.5) is 0 Å². The normalized spacial score (nSPS) is 18.2. The van der Waals surface area contributed by atoms with E-state index in [9.17, 15) is 4.79 Å². The second-order valence-corrected chi connectivity index (χ2v) is 5.97. The van der Waals surface area contributed by atoms with Gasteiger partial charge in [0.1, 0.15) is 5.78 Å². The summed E-state index contributed by atoms with van der Waals surface area (Å²) in [6.45, 7) is 0. The predicted molar refractivity (Wildman–Crippen MR) is 80.4 cm³/mol. The zero-order valence-electron chi connectivity index (χ0n) is 10.6. The smallest absolute Gasteiger partial charge is 0.141 e. The van der Waals surface area contributed by atoms with Crippen molar-refractivity contribution in [3.63, 3.8) is 0 Å². The van der Waals surface area contributed by atoms with Crippen LogP contribution in [0, 0.1) is 0 Å². The number of aryl methyl sites for hydroxylation is 1. The summed E-state index contributed by atoms with van der Waals surface area (Å²) in [7, 11) is 0. The Labute approximate surface area is 121 Å². The lowest BCUT2D eigenvalue weighted by molar-refractivity contribution is -0.120. The highest BCUT2D eigenvalue weighted by molar-refractivity contribution is 9.10. The van der Waals surface area contributed by atoms with Gasteiger partial charge in [-0.05, 0) is 41.7 Å². The summed E-state index contributed by atoms with van der Waals surface area (Å²) >= 11 is 3.51. The third-order valence-electron chi connectivity index (χ3n) is 3.80. The third kappa shape index (κ3) is 2.64. The van der Waals surface area contributed by atoms with Crippen LogP contribution in [0.5, 0.6) is 0 Å². The van der Waals surface area contributed by atoms with Crippen LogP contribution in [0.25, 0.3) is 0 Å².